The molecule has 0 bridgehead atoms. The molecule has 0 spiro atoms. The predicted octanol–water partition coefficient (Wildman–Crippen LogP) is 2.22. The summed E-state index contributed by atoms with van der Waals surface area (Å²) in [6.45, 7) is 10.5. The van der Waals surface area contributed by atoms with Crippen molar-refractivity contribution in [2.45, 2.75) is 65.8 Å². The Morgan fingerprint density at radius 1 is 1.00 bits per heavy atom. The lowest BCUT2D eigenvalue weighted by molar-refractivity contribution is -0.0347. The van der Waals surface area contributed by atoms with E-state index >= 15 is 0 Å². The highest BCUT2D eigenvalue weighted by Crippen LogP contribution is 2.13. The van der Waals surface area contributed by atoms with E-state index in [1.165, 1.54) is 0 Å². The van der Waals surface area contributed by atoms with Crippen molar-refractivity contribution in [2.24, 2.45) is 0 Å². The van der Waals surface area contributed by atoms with Crippen LogP contribution in [0.1, 0.15) is 47.5 Å². The number of nitrogens with zero attached hydrogens (tertiary/aromatic N) is 1. The highest BCUT2D eigenvalue weighted by atomic mass is 16.3. The number of rotatable bonds is 5. The molecule has 0 aliphatic rings. The highest BCUT2D eigenvalue weighted by Gasteiger charge is 2.21. The Morgan fingerprint density at radius 2 is 1.33 bits per heavy atom. The molecule has 0 saturated carbocycles. The Hall–Kier alpha value is -0.0800. The van der Waals surface area contributed by atoms with E-state index in [2.05, 4.69) is 32.6 Å². The van der Waals surface area contributed by atoms with Crippen molar-refractivity contribution in [3.63, 3.8) is 0 Å². The quantitative estimate of drug-likeness (QED) is 0.644. The minimum atomic E-state index is -0.324. The summed E-state index contributed by atoms with van der Waals surface area (Å²) in [6.07, 6.45) is 1.86. The van der Waals surface area contributed by atoms with Gasteiger partial charge in [0.05, 0.1) is 0 Å². The van der Waals surface area contributed by atoms with E-state index in [0.29, 0.717) is 12.1 Å². The van der Waals surface area contributed by atoms with Crippen LogP contribution in [0.25, 0.3) is 0 Å². The second-order valence-electron chi connectivity index (χ2n) is 3.59. The third kappa shape index (κ3) is 3.11. The Bertz CT molecular complexity index is 104. The molecule has 1 N–H and O–H groups in total. The standard InChI is InChI=1S/C10H23NO/c1-6-8(3)11(10(5)12)9(4)7-2/h8-10,12H,6-7H2,1-5H3/t8?,9?,10-/m1/s1. The summed E-state index contributed by atoms with van der Waals surface area (Å²) in [5, 5.41) is 9.54. The molecule has 12 heavy (non-hydrogen) atoms. The zero-order valence-corrected chi connectivity index (χ0v) is 9.04. The Labute approximate surface area is 76.6 Å². The predicted molar refractivity (Wildman–Crippen MR) is 53.0 cm³/mol. The van der Waals surface area contributed by atoms with Crippen LogP contribution in [0.3, 0.4) is 0 Å². The van der Waals surface area contributed by atoms with E-state index in [1.54, 1.807) is 0 Å². The van der Waals surface area contributed by atoms with Crippen LogP contribution in [0.4, 0.5) is 0 Å². The van der Waals surface area contributed by atoms with Gasteiger partial charge in [0.2, 0.25) is 0 Å². The molecule has 0 aromatic heterocycles. The molecule has 2 heteroatoms. The van der Waals surface area contributed by atoms with Gasteiger partial charge in [-0.3, -0.25) is 4.90 Å². The number of hydrogen-bond acceptors (Lipinski definition) is 2. The number of aliphatic hydroxyl groups excluding tert-OH is 1. The molecule has 2 unspecified atom stereocenters. The first-order valence-electron chi connectivity index (χ1n) is 5.00. The summed E-state index contributed by atoms with van der Waals surface area (Å²) < 4.78 is 0. The van der Waals surface area contributed by atoms with Crippen molar-refractivity contribution in [2.75, 3.05) is 0 Å². The lowest BCUT2D eigenvalue weighted by atomic mass is 10.1. The Kier molecular flexibility index (Phi) is 5.51. The molecule has 0 aromatic carbocycles. The van der Waals surface area contributed by atoms with E-state index < -0.39 is 0 Å². The lowest BCUT2D eigenvalue weighted by Gasteiger charge is -2.36. The van der Waals surface area contributed by atoms with Gasteiger partial charge in [-0.15, -0.1) is 0 Å². The van der Waals surface area contributed by atoms with Gasteiger partial charge in [-0.2, -0.15) is 0 Å². The van der Waals surface area contributed by atoms with Crippen molar-refractivity contribution >= 4 is 0 Å². The van der Waals surface area contributed by atoms with Gasteiger partial charge in [0, 0.05) is 12.1 Å². The van der Waals surface area contributed by atoms with E-state index in [-0.39, 0.29) is 6.23 Å². The van der Waals surface area contributed by atoms with E-state index in [4.69, 9.17) is 0 Å². The average Bonchev–Trinajstić information content (AvgIpc) is 2.03. The molecule has 74 valence electrons. The molecule has 3 atom stereocenters. The smallest absolute Gasteiger partial charge is 0.105 e. The molecule has 0 heterocycles. The zero-order chi connectivity index (χ0) is 9.72. The normalized spacial score (nSPS) is 19.2. The molecule has 0 saturated heterocycles. The molecule has 0 aliphatic heterocycles. The van der Waals surface area contributed by atoms with Crippen LogP contribution in [0.15, 0.2) is 0 Å². The van der Waals surface area contributed by atoms with Gasteiger partial charge >= 0.3 is 0 Å². The van der Waals surface area contributed by atoms with Crippen molar-refractivity contribution in [3.8, 4) is 0 Å². The van der Waals surface area contributed by atoms with Crippen LogP contribution in [-0.2, 0) is 0 Å². The molecule has 2 nitrogen and oxygen atoms in total. The third-order valence-electron chi connectivity index (χ3n) is 2.63. The summed E-state index contributed by atoms with van der Waals surface area (Å²) in [6, 6.07) is 0.944. The number of aliphatic hydroxyl groups is 1. The maximum Gasteiger partial charge on any atom is 0.105 e. The first kappa shape index (κ1) is 11.9. The molecule has 0 radical (unpaired) electrons. The second kappa shape index (κ2) is 5.55. The van der Waals surface area contributed by atoms with Gasteiger partial charge < -0.3 is 5.11 Å². The minimum absolute atomic E-state index is 0.324. The van der Waals surface area contributed by atoms with Crippen molar-refractivity contribution in [1.82, 2.24) is 4.90 Å². The van der Waals surface area contributed by atoms with Crippen LogP contribution >= 0.6 is 0 Å². The molecular formula is C10H23NO. The van der Waals surface area contributed by atoms with Crippen molar-refractivity contribution < 1.29 is 5.11 Å². The zero-order valence-electron chi connectivity index (χ0n) is 9.04. The van der Waals surface area contributed by atoms with Gasteiger partial charge in [0.1, 0.15) is 6.23 Å². The molecule has 0 amide bonds. The lowest BCUT2D eigenvalue weighted by Crippen LogP contribution is -2.45. The molecule has 0 aromatic rings. The summed E-state index contributed by atoms with van der Waals surface area (Å²) in [5.74, 6) is 0. The minimum Gasteiger partial charge on any atom is -0.379 e. The fourth-order valence-electron chi connectivity index (χ4n) is 1.59. The van der Waals surface area contributed by atoms with Crippen LogP contribution in [0.5, 0.6) is 0 Å². The molecule has 0 aliphatic carbocycles. The fourth-order valence-corrected chi connectivity index (χ4v) is 1.59. The van der Waals surface area contributed by atoms with E-state index in [0.717, 1.165) is 12.8 Å². The van der Waals surface area contributed by atoms with E-state index in [9.17, 15) is 5.11 Å². The monoisotopic (exact) mass is 173 g/mol. The topological polar surface area (TPSA) is 23.5 Å². The summed E-state index contributed by atoms with van der Waals surface area (Å²) in [5.41, 5.74) is 0. The second-order valence-corrected chi connectivity index (χ2v) is 3.59. The van der Waals surface area contributed by atoms with Gasteiger partial charge in [-0.05, 0) is 33.6 Å². The SMILES string of the molecule is CCC(C)N(C(C)CC)[C@@H](C)O. The largest absolute Gasteiger partial charge is 0.379 e. The third-order valence-corrected chi connectivity index (χ3v) is 2.63. The van der Waals surface area contributed by atoms with Crippen LogP contribution in [0, 0.1) is 0 Å². The molecular weight excluding hydrogens is 150 g/mol. The van der Waals surface area contributed by atoms with Gasteiger partial charge in [0.25, 0.3) is 0 Å². The van der Waals surface area contributed by atoms with Crippen LogP contribution in [0.2, 0.25) is 0 Å². The van der Waals surface area contributed by atoms with Crippen LogP contribution in [-0.4, -0.2) is 28.3 Å². The molecule has 0 rings (SSSR count). The van der Waals surface area contributed by atoms with Crippen molar-refractivity contribution in [3.05, 3.63) is 0 Å². The maximum atomic E-state index is 9.54. The number of hydrogen-bond donors (Lipinski definition) is 1. The summed E-state index contributed by atoms with van der Waals surface area (Å²) in [4.78, 5) is 2.17. The first-order valence-corrected chi connectivity index (χ1v) is 5.00. The van der Waals surface area contributed by atoms with E-state index in [1.807, 2.05) is 6.92 Å². The Balaban J connectivity index is 4.21. The van der Waals surface area contributed by atoms with Crippen LogP contribution < -0.4 is 0 Å². The summed E-state index contributed by atoms with van der Waals surface area (Å²) in [7, 11) is 0. The first-order chi connectivity index (χ1) is 5.54. The van der Waals surface area contributed by atoms with Crippen molar-refractivity contribution in [1.29, 1.82) is 0 Å². The van der Waals surface area contributed by atoms with Gasteiger partial charge in [-0.25, -0.2) is 0 Å². The summed E-state index contributed by atoms with van der Waals surface area (Å²) >= 11 is 0. The maximum absolute atomic E-state index is 9.54. The molecule has 0 fully saturated rings. The average molecular weight is 173 g/mol. The van der Waals surface area contributed by atoms with Gasteiger partial charge in [-0.1, -0.05) is 13.8 Å². The highest BCUT2D eigenvalue weighted by molar-refractivity contribution is 4.72. The Morgan fingerprint density at radius 3 is 1.50 bits per heavy atom. The van der Waals surface area contributed by atoms with Gasteiger partial charge in [0.15, 0.2) is 0 Å². The fraction of sp³-hybridized carbons (Fsp3) is 1.00.